The van der Waals surface area contributed by atoms with Gasteiger partial charge in [-0.05, 0) is 26.3 Å². The lowest BCUT2D eigenvalue weighted by Gasteiger charge is -2.13. The summed E-state index contributed by atoms with van der Waals surface area (Å²) in [5, 5.41) is 5.56. The Morgan fingerprint density at radius 3 is 2.24 bits per heavy atom. The van der Waals surface area contributed by atoms with Crippen molar-refractivity contribution in [1.82, 2.24) is 10.6 Å². The van der Waals surface area contributed by atoms with Crippen molar-refractivity contribution in [3.8, 4) is 0 Å². The zero-order valence-electron chi connectivity index (χ0n) is 11.4. The van der Waals surface area contributed by atoms with Gasteiger partial charge in [-0.1, -0.05) is 13.8 Å². The summed E-state index contributed by atoms with van der Waals surface area (Å²) in [4.78, 5) is 15.1. The molecule has 1 amide bonds. The Morgan fingerprint density at radius 1 is 1.24 bits per heavy atom. The Hall–Kier alpha value is -1.30. The van der Waals surface area contributed by atoms with Crippen LogP contribution in [0.2, 0.25) is 0 Å². The molecule has 0 saturated heterocycles. The minimum atomic E-state index is -0.130. The van der Waals surface area contributed by atoms with E-state index in [-0.39, 0.29) is 17.9 Å². The molecule has 0 aromatic heterocycles. The van der Waals surface area contributed by atoms with Crippen molar-refractivity contribution in [1.29, 1.82) is 0 Å². The van der Waals surface area contributed by atoms with E-state index in [9.17, 15) is 4.79 Å². The summed E-state index contributed by atoms with van der Waals surface area (Å²) in [7, 11) is 3.40. The lowest BCUT2D eigenvalue weighted by atomic mass is 10.1. The summed E-state index contributed by atoms with van der Waals surface area (Å²) in [5.41, 5.74) is 10.4. The smallest absolute Gasteiger partial charge is 0.236 e. The summed E-state index contributed by atoms with van der Waals surface area (Å²) in [6.07, 6.45) is 2.58. The molecule has 1 unspecified atom stereocenters. The molecule has 0 spiro atoms. The third kappa shape index (κ3) is 11.0. The van der Waals surface area contributed by atoms with Crippen molar-refractivity contribution in [2.75, 3.05) is 20.6 Å². The number of carbonyl (C=O) groups is 1. The summed E-state index contributed by atoms with van der Waals surface area (Å²) >= 11 is 0. The molecule has 0 heterocycles. The van der Waals surface area contributed by atoms with E-state index in [0.717, 1.165) is 19.3 Å². The number of aliphatic imine (C=N–C) groups is 1. The first-order valence-corrected chi connectivity index (χ1v) is 6.06. The maximum absolute atomic E-state index is 11.3. The van der Waals surface area contributed by atoms with Crippen LogP contribution in [0.25, 0.3) is 0 Å². The maximum Gasteiger partial charge on any atom is 0.236 e. The van der Waals surface area contributed by atoms with Crippen molar-refractivity contribution in [3.05, 3.63) is 0 Å². The molecule has 0 aromatic carbocycles. The fourth-order valence-corrected chi connectivity index (χ4v) is 1.25. The first-order chi connectivity index (χ1) is 8.11. The van der Waals surface area contributed by atoms with Gasteiger partial charge in [0.15, 0.2) is 5.96 Å². The second-order valence-corrected chi connectivity index (χ2v) is 3.26. The van der Waals surface area contributed by atoms with Crippen LogP contribution in [0.1, 0.15) is 33.1 Å². The van der Waals surface area contributed by atoms with E-state index in [1.54, 1.807) is 14.1 Å². The molecule has 0 aromatic rings. The number of carbonyl (C=O) groups excluding carboxylic acids is 1. The van der Waals surface area contributed by atoms with Gasteiger partial charge in [-0.25, -0.2) is 0 Å². The molecule has 0 aliphatic heterocycles. The van der Waals surface area contributed by atoms with Crippen molar-refractivity contribution < 1.29 is 4.79 Å². The first kappa shape index (κ1) is 18.1. The van der Waals surface area contributed by atoms with E-state index in [1.807, 2.05) is 13.8 Å². The summed E-state index contributed by atoms with van der Waals surface area (Å²) in [6.45, 7) is 4.62. The van der Waals surface area contributed by atoms with Gasteiger partial charge < -0.3 is 22.1 Å². The third-order valence-corrected chi connectivity index (χ3v) is 2.11. The van der Waals surface area contributed by atoms with E-state index in [0.29, 0.717) is 6.54 Å². The predicted molar refractivity (Wildman–Crippen MR) is 72.8 cm³/mol. The van der Waals surface area contributed by atoms with Gasteiger partial charge in [0, 0.05) is 13.6 Å². The number of nitrogens with zero attached hydrogens (tertiary/aromatic N) is 1. The molecule has 0 aliphatic carbocycles. The Morgan fingerprint density at radius 2 is 1.82 bits per heavy atom. The van der Waals surface area contributed by atoms with Crippen LogP contribution >= 0.6 is 0 Å². The van der Waals surface area contributed by atoms with E-state index >= 15 is 0 Å². The van der Waals surface area contributed by atoms with Crippen LogP contribution in [0.3, 0.4) is 0 Å². The molecule has 6 N–H and O–H groups in total. The lowest BCUT2D eigenvalue weighted by Crippen LogP contribution is -2.40. The zero-order chi connectivity index (χ0) is 13.7. The summed E-state index contributed by atoms with van der Waals surface area (Å²) < 4.78 is 0. The molecular formula is C11H27N5O. The fourth-order valence-electron chi connectivity index (χ4n) is 1.25. The van der Waals surface area contributed by atoms with E-state index in [2.05, 4.69) is 15.6 Å². The third-order valence-electron chi connectivity index (χ3n) is 2.11. The van der Waals surface area contributed by atoms with Crippen LogP contribution in [0.15, 0.2) is 4.99 Å². The van der Waals surface area contributed by atoms with Gasteiger partial charge in [-0.3, -0.25) is 9.79 Å². The molecule has 0 rings (SSSR count). The van der Waals surface area contributed by atoms with E-state index < -0.39 is 0 Å². The number of hydrogen-bond donors (Lipinski definition) is 4. The Balaban J connectivity index is 0. The van der Waals surface area contributed by atoms with Gasteiger partial charge in [0.1, 0.15) is 0 Å². The number of rotatable bonds is 7. The van der Waals surface area contributed by atoms with Gasteiger partial charge in [-0.15, -0.1) is 0 Å². The van der Waals surface area contributed by atoms with Gasteiger partial charge >= 0.3 is 0 Å². The van der Waals surface area contributed by atoms with Gasteiger partial charge in [0.05, 0.1) is 6.04 Å². The number of nitrogens with two attached hydrogens (primary N) is 2. The predicted octanol–water partition coefficient (Wildman–Crippen LogP) is -0.210. The Bertz CT molecular complexity index is 214. The molecular weight excluding hydrogens is 218 g/mol. The van der Waals surface area contributed by atoms with E-state index in [4.69, 9.17) is 11.5 Å². The standard InChI is InChI=1S/C9H21N5O.C2H6/c1-12-7(8(15)13-2)5-3-4-6-14-9(10)11;1-2/h7,12H,3-6H2,1-2H3,(H,13,15)(H4,10,11,14);1-2H3. The molecule has 0 saturated carbocycles. The topological polar surface area (TPSA) is 106 Å². The number of nitrogens with one attached hydrogen (secondary N) is 2. The molecule has 0 fully saturated rings. The highest BCUT2D eigenvalue weighted by Crippen LogP contribution is 2.01. The van der Waals surface area contributed by atoms with Crippen LogP contribution in [0.5, 0.6) is 0 Å². The Labute approximate surface area is 104 Å². The SMILES string of the molecule is CC.CNC(=O)C(CCCCN=C(N)N)NC. The van der Waals surface area contributed by atoms with Crippen molar-refractivity contribution in [2.45, 2.75) is 39.2 Å². The second-order valence-electron chi connectivity index (χ2n) is 3.26. The quantitative estimate of drug-likeness (QED) is 0.283. The minimum absolute atomic E-state index is 0.0133. The largest absolute Gasteiger partial charge is 0.370 e. The molecule has 0 aliphatic rings. The number of likely N-dealkylation sites (N-methyl/N-ethyl adjacent to an activating group) is 2. The monoisotopic (exact) mass is 245 g/mol. The van der Waals surface area contributed by atoms with Crippen LogP contribution in [-0.2, 0) is 4.79 Å². The van der Waals surface area contributed by atoms with E-state index in [1.165, 1.54) is 0 Å². The van der Waals surface area contributed by atoms with Gasteiger partial charge in [0.25, 0.3) is 0 Å². The molecule has 0 bridgehead atoms. The zero-order valence-corrected chi connectivity index (χ0v) is 11.4. The minimum Gasteiger partial charge on any atom is -0.370 e. The van der Waals surface area contributed by atoms with Crippen LogP contribution in [0, 0.1) is 0 Å². The van der Waals surface area contributed by atoms with Crippen LogP contribution in [0.4, 0.5) is 0 Å². The van der Waals surface area contributed by atoms with Gasteiger partial charge in [-0.2, -0.15) is 0 Å². The molecule has 0 radical (unpaired) electrons. The van der Waals surface area contributed by atoms with Crippen molar-refractivity contribution in [2.24, 2.45) is 16.5 Å². The fraction of sp³-hybridized carbons (Fsp3) is 0.818. The highest BCUT2D eigenvalue weighted by atomic mass is 16.2. The van der Waals surface area contributed by atoms with Gasteiger partial charge in [0.2, 0.25) is 5.91 Å². The average molecular weight is 245 g/mol. The van der Waals surface area contributed by atoms with Crippen molar-refractivity contribution in [3.63, 3.8) is 0 Å². The summed E-state index contributed by atoms with van der Waals surface area (Å²) in [5.74, 6) is 0.130. The maximum atomic E-state index is 11.3. The molecule has 1 atom stereocenters. The molecule has 17 heavy (non-hydrogen) atoms. The first-order valence-electron chi connectivity index (χ1n) is 6.06. The average Bonchev–Trinajstić information content (AvgIpc) is 2.35. The normalized spacial score (nSPS) is 10.8. The van der Waals surface area contributed by atoms with Crippen LogP contribution in [-0.4, -0.2) is 38.5 Å². The lowest BCUT2D eigenvalue weighted by molar-refractivity contribution is -0.122. The highest BCUT2D eigenvalue weighted by molar-refractivity contribution is 5.81. The number of guanidine groups is 1. The molecule has 102 valence electrons. The second kappa shape index (κ2) is 12.8. The molecule has 6 nitrogen and oxygen atoms in total. The molecule has 6 heteroatoms. The van der Waals surface area contributed by atoms with Crippen LogP contribution < -0.4 is 22.1 Å². The highest BCUT2D eigenvalue weighted by Gasteiger charge is 2.13. The Kier molecular flexibility index (Phi) is 13.6. The van der Waals surface area contributed by atoms with Crippen molar-refractivity contribution >= 4 is 11.9 Å². The number of amides is 1. The summed E-state index contributed by atoms with van der Waals surface area (Å²) in [6, 6.07) is -0.130. The number of unbranched alkanes of at least 4 members (excludes halogenated alkanes) is 1. The number of hydrogen-bond acceptors (Lipinski definition) is 3.